The highest BCUT2D eigenvalue weighted by molar-refractivity contribution is 6.40. The van der Waals surface area contributed by atoms with E-state index >= 15 is 0 Å². The minimum absolute atomic E-state index is 0.396. The zero-order valence-electron chi connectivity index (χ0n) is 19.9. The number of hydrogen-bond acceptors (Lipinski definition) is 4. The van der Waals surface area contributed by atoms with Crippen LogP contribution in [0, 0.1) is 0 Å². The third-order valence-corrected chi connectivity index (χ3v) is 6.86. The highest BCUT2D eigenvalue weighted by Gasteiger charge is 2.26. The first-order chi connectivity index (χ1) is 16.2. The fraction of sp³-hybridized carbons (Fsp3) is 0.500. The van der Waals surface area contributed by atoms with Crippen LogP contribution >= 0.6 is 0 Å². The highest BCUT2D eigenvalue weighted by Crippen LogP contribution is 2.45. The molecule has 2 aromatic carbocycles. The van der Waals surface area contributed by atoms with Gasteiger partial charge >= 0.3 is 7.12 Å². The van der Waals surface area contributed by atoms with Gasteiger partial charge in [-0.25, -0.2) is 0 Å². The number of allylic oxidation sites excluding steroid dienone is 2. The van der Waals surface area contributed by atoms with Crippen molar-refractivity contribution in [1.29, 1.82) is 0 Å². The summed E-state index contributed by atoms with van der Waals surface area (Å²) in [6.07, 6.45) is 11.2. The molecule has 0 spiro atoms. The fourth-order valence-electron chi connectivity index (χ4n) is 5.04. The molecule has 4 nitrogen and oxygen atoms in total. The lowest BCUT2D eigenvalue weighted by Crippen LogP contribution is -2.10. The van der Waals surface area contributed by atoms with Gasteiger partial charge in [0.2, 0.25) is 0 Å². The van der Waals surface area contributed by atoms with Crippen LogP contribution in [0.3, 0.4) is 0 Å². The summed E-state index contributed by atoms with van der Waals surface area (Å²) < 4.78 is 12.1. The zero-order chi connectivity index (χ0) is 23.0. The van der Waals surface area contributed by atoms with Gasteiger partial charge in [0.15, 0.2) is 0 Å². The van der Waals surface area contributed by atoms with E-state index in [9.17, 15) is 0 Å². The Morgan fingerprint density at radius 1 is 0.697 bits per heavy atom. The van der Waals surface area contributed by atoms with Crippen LogP contribution in [0.15, 0.2) is 36.4 Å². The summed E-state index contributed by atoms with van der Waals surface area (Å²) in [5.74, 6) is 1.90. The second-order valence-corrected chi connectivity index (χ2v) is 9.33. The first-order valence-corrected chi connectivity index (χ1v) is 12.8. The van der Waals surface area contributed by atoms with Gasteiger partial charge in [0.05, 0.1) is 13.2 Å². The Labute approximate surface area is 198 Å². The Balaban J connectivity index is 1.46. The van der Waals surface area contributed by atoms with Crippen LogP contribution in [0.2, 0.25) is 6.32 Å². The van der Waals surface area contributed by atoms with Crippen LogP contribution in [0.4, 0.5) is 0 Å². The molecule has 5 heteroatoms. The summed E-state index contributed by atoms with van der Waals surface area (Å²) >= 11 is 0. The van der Waals surface area contributed by atoms with Gasteiger partial charge in [0.25, 0.3) is 0 Å². The van der Waals surface area contributed by atoms with E-state index in [4.69, 9.17) is 19.5 Å². The first-order valence-electron chi connectivity index (χ1n) is 12.8. The summed E-state index contributed by atoms with van der Waals surface area (Å²) in [6.45, 7) is 3.63. The maximum atomic E-state index is 8.97. The van der Waals surface area contributed by atoms with Gasteiger partial charge < -0.3 is 19.5 Å². The van der Waals surface area contributed by atoms with Crippen molar-refractivity contribution < 1.29 is 19.5 Å². The van der Waals surface area contributed by atoms with Crippen LogP contribution in [0.1, 0.15) is 80.5 Å². The van der Waals surface area contributed by atoms with E-state index in [0.717, 1.165) is 63.1 Å². The van der Waals surface area contributed by atoms with Gasteiger partial charge in [-0.1, -0.05) is 44.7 Å². The molecule has 0 atom stereocenters. The van der Waals surface area contributed by atoms with Crippen molar-refractivity contribution in [2.45, 2.75) is 77.5 Å². The van der Waals surface area contributed by atoms with E-state index in [1.54, 1.807) is 0 Å². The predicted molar refractivity (Wildman–Crippen MR) is 136 cm³/mol. The SMILES string of the molecule is CCCCCCOc1ccc2c(c1)/C(=C1\CCc3ccc(OCCCCB(O)O)cc31)CC2. The second kappa shape index (κ2) is 11.8. The molecule has 2 N–H and O–H groups in total. The van der Waals surface area contributed by atoms with Crippen LogP contribution < -0.4 is 9.47 Å². The summed E-state index contributed by atoms with van der Waals surface area (Å²) in [5.41, 5.74) is 8.50. The lowest BCUT2D eigenvalue weighted by atomic mass is 9.84. The minimum Gasteiger partial charge on any atom is -0.494 e. The molecule has 0 radical (unpaired) electrons. The molecule has 176 valence electrons. The van der Waals surface area contributed by atoms with Gasteiger partial charge in [-0.15, -0.1) is 0 Å². The lowest BCUT2D eigenvalue weighted by molar-refractivity contribution is 0.305. The summed E-state index contributed by atoms with van der Waals surface area (Å²) in [5, 5.41) is 17.9. The molecule has 0 fully saturated rings. The molecule has 2 aromatic rings. The molecule has 0 bridgehead atoms. The molecule has 0 aliphatic heterocycles. The van der Waals surface area contributed by atoms with Crippen molar-refractivity contribution >= 4 is 18.3 Å². The maximum Gasteiger partial charge on any atom is 0.451 e. The van der Waals surface area contributed by atoms with Gasteiger partial charge in [-0.3, -0.25) is 0 Å². The summed E-state index contributed by atoms with van der Waals surface area (Å²) in [4.78, 5) is 0. The van der Waals surface area contributed by atoms with Gasteiger partial charge in [0, 0.05) is 0 Å². The Morgan fingerprint density at radius 3 is 1.76 bits per heavy atom. The van der Waals surface area contributed by atoms with Gasteiger partial charge in [0.1, 0.15) is 11.5 Å². The molecular weight excluding hydrogens is 411 g/mol. The minimum atomic E-state index is -1.22. The molecule has 33 heavy (non-hydrogen) atoms. The first kappa shape index (κ1) is 23.9. The quantitative estimate of drug-likeness (QED) is 0.305. The maximum absolute atomic E-state index is 8.97. The van der Waals surface area contributed by atoms with E-state index in [2.05, 4.69) is 43.3 Å². The molecule has 2 aliphatic rings. The van der Waals surface area contributed by atoms with Crippen molar-refractivity contribution in [2.24, 2.45) is 0 Å². The number of rotatable bonds is 12. The number of fused-ring (bicyclic) bond motifs is 2. The fourth-order valence-corrected chi connectivity index (χ4v) is 5.04. The molecule has 2 aliphatic carbocycles. The number of benzene rings is 2. The average molecular weight is 448 g/mol. The molecular formula is C28H37BO4. The Kier molecular flexibility index (Phi) is 8.52. The zero-order valence-corrected chi connectivity index (χ0v) is 19.9. The number of ether oxygens (including phenoxy) is 2. The number of unbranched alkanes of at least 4 members (excludes halogenated alkanes) is 4. The Hall–Kier alpha value is -2.24. The highest BCUT2D eigenvalue weighted by atomic mass is 16.5. The lowest BCUT2D eigenvalue weighted by Gasteiger charge is -2.12. The van der Waals surface area contributed by atoms with E-state index in [0.29, 0.717) is 12.9 Å². The standard InChI is InChI=1S/C28H37BO4/c1-2-3-4-6-17-32-23-12-8-21-10-14-25(27(21)19-23)26-15-11-22-9-13-24(20-28(22)26)33-18-7-5-16-29(30)31/h8-9,12-13,19-20,30-31H,2-7,10-11,14-18H2,1H3/b26-25+. The van der Waals surface area contributed by atoms with E-state index < -0.39 is 7.12 Å². The van der Waals surface area contributed by atoms with Crippen molar-refractivity contribution in [3.05, 3.63) is 58.7 Å². The molecule has 0 amide bonds. The normalized spacial score (nSPS) is 16.6. The third-order valence-electron chi connectivity index (χ3n) is 6.86. The third kappa shape index (κ3) is 6.21. The van der Waals surface area contributed by atoms with E-state index in [1.165, 1.54) is 52.7 Å². The molecule has 0 saturated heterocycles. The largest absolute Gasteiger partial charge is 0.494 e. The Morgan fingerprint density at radius 2 is 1.24 bits per heavy atom. The van der Waals surface area contributed by atoms with Crippen LogP contribution in [-0.2, 0) is 12.8 Å². The van der Waals surface area contributed by atoms with Crippen molar-refractivity contribution in [3.8, 4) is 11.5 Å². The summed E-state index contributed by atoms with van der Waals surface area (Å²) in [7, 11) is -1.22. The average Bonchev–Trinajstić information content (AvgIpc) is 3.41. The van der Waals surface area contributed by atoms with Gasteiger partial charge in [-0.05, 0) is 103 Å². The van der Waals surface area contributed by atoms with Gasteiger partial charge in [-0.2, -0.15) is 0 Å². The van der Waals surface area contributed by atoms with E-state index in [1.807, 2.05) is 0 Å². The summed E-state index contributed by atoms with van der Waals surface area (Å²) in [6, 6.07) is 13.1. The van der Waals surface area contributed by atoms with Crippen LogP contribution in [0.5, 0.6) is 11.5 Å². The topological polar surface area (TPSA) is 58.9 Å². The predicted octanol–water partition coefficient (Wildman–Crippen LogP) is 6.08. The number of hydrogen-bond donors (Lipinski definition) is 2. The number of aryl methyl sites for hydroxylation is 2. The second-order valence-electron chi connectivity index (χ2n) is 9.33. The van der Waals surface area contributed by atoms with Crippen molar-refractivity contribution in [3.63, 3.8) is 0 Å². The molecule has 0 unspecified atom stereocenters. The van der Waals surface area contributed by atoms with Crippen molar-refractivity contribution in [1.82, 2.24) is 0 Å². The molecule has 0 aromatic heterocycles. The monoisotopic (exact) mass is 448 g/mol. The molecule has 0 heterocycles. The molecule has 0 saturated carbocycles. The van der Waals surface area contributed by atoms with Crippen LogP contribution in [-0.4, -0.2) is 30.4 Å². The molecule has 4 rings (SSSR count). The van der Waals surface area contributed by atoms with Crippen LogP contribution in [0.25, 0.3) is 11.1 Å². The smallest absolute Gasteiger partial charge is 0.451 e. The van der Waals surface area contributed by atoms with Crippen molar-refractivity contribution in [2.75, 3.05) is 13.2 Å². The van der Waals surface area contributed by atoms with E-state index in [-0.39, 0.29) is 0 Å². The Bertz CT molecular complexity index is 966.